The fourth-order valence-corrected chi connectivity index (χ4v) is 1.60. The second-order valence-electron chi connectivity index (χ2n) is 4.02. The summed E-state index contributed by atoms with van der Waals surface area (Å²) in [4.78, 5) is 11.7. The molecule has 0 aliphatic heterocycles. The molecule has 1 rings (SSSR count). The molecule has 1 atom stereocenters. The van der Waals surface area contributed by atoms with E-state index in [9.17, 15) is 4.79 Å². The van der Waals surface area contributed by atoms with Gasteiger partial charge in [-0.25, -0.2) is 4.79 Å². The third-order valence-electron chi connectivity index (χ3n) is 2.44. The predicted octanol–water partition coefficient (Wildman–Crippen LogP) is 1.86. The summed E-state index contributed by atoms with van der Waals surface area (Å²) in [6.07, 6.45) is 0. The standard InChI is InChI=1S/C13H20N2O4/c1-9(8-17-2)14-13(16)15-10-5-6-11(18-3)12(7-10)19-4/h5-7,9H,8H2,1-4H3,(H2,14,15,16)/t9-/m1/s1. The summed E-state index contributed by atoms with van der Waals surface area (Å²) in [5.74, 6) is 1.17. The molecule has 19 heavy (non-hydrogen) atoms. The van der Waals surface area contributed by atoms with Crippen LogP contribution >= 0.6 is 0 Å². The first-order chi connectivity index (χ1) is 9.10. The Bertz CT molecular complexity index is 423. The molecule has 0 saturated carbocycles. The van der Waals surface area contributed by atoms with Crippen LogP contribution in [0.3, 0.4) is 0 Å². The van der Waals surface area contributed by atoms with Gasteiger partial charge in [0.1, 0.15) is 0 Å². The lowest BCUT2D eigenvalue weighted by Crippen LogP contribution is -2.38. The number of rotatable bonds is 6. The van der Waals surface area contributed by atoms with Gasteiger partial charge in [-0.15, -0.1) is 0 Å². The molecular weight excluding hydrogens is 248 g/mol. The van der Waals surface area contributed by atoms with Gasteiger partial charge in [0.15, 0.2) is 11.5 Å². The summed E-state index contributed by atoms with van der Waals surface area (Å²) in [6.45, 7) is 2.32. The van der Waals surface area contributed by atoms with Crippen molar-refractivity contribution < 1.29 is 19.0 Å². The van der Waals surface area contributed by atoms with Gasteiger partial charge >= 0.3 is 6.03 Å². The van der Waals surface area contributed by atoms with Crippen molar-refractivity contribution in [2.45, 2.75) is 13.0 Å². The Morgan fingerprint density at radius 1 is 1.21 bits per heavy atom. The molecule has 0 bridgehead atoms. The molecule has 6 heteroatoms. The fourth-order valence-electron chi connectivity index (χ4n) is 1.60. The van der Waals surface area contributed by atoms with Crippen LogP contribution in [0.1, 0.15) is 6.92 Å². The Balaban J connectivity index is 2.64. The molecule has 0 saturated heterocycles. The van der Waals surface area contributed by atoms with E-state index < -0.39 is 0 Å². The van der Waals surface area contributed by atoms with Crippen molar-refractivity contribution in [2.24, 2.45) is 0 Å². The first-order valence-electron chi connectivity index (χ1n) is 5.89. The zero-order chi connectivity index (χ0) is 14.3. The van der Waals surface area contributed by atoms with E-state index >= 15 is 0 Å². The molecule has 0 aliphatic carbocycles. The molecule has 1 aromatic rings. The predicted molar refractivity (Wildman–Crippen MR) is 73.0 cm³/mol. The number of nitrogens with one attached hydrogen (secondary N) is 2. The topological polar surface area (TPSA) is 68.8 Å². The summed E-state index contributed by atoms with van der Waals surface area (Å²) in [6, 6.07) is 4.80. The highest BCUT2D eigenvalue weighted by Gasteiger charge is 2.09. The lowest BCUT2D eigenvalue weighted by atomic mass is 10.2. The third kappa shape index (κ3) is 4.67. The average molecular weight is 268 g/mol. The van der Waals surface area contributed by atoms with Crippen LogP contribution < -0.4 is 20.1 Å². The van der Waals surface area contributed by atoms with Gasteiger partial charge in [-0.1, -0.05) is 0 Å². The molecule has 2 N–H and O–H groups in total. The van der Waals surface area contributed by atoms with Crippen LogP contribution in [0.15, 0.2) is 18.2 Å². The molecule has 0 fully saturated rings. The minimum Gasteiger partial charge on any atom is -0.493 e. The van der Waals surface area contributed by atoms with Crippen LogP contribution in [-0.2, 0) is 4.74 Å². The highest BCUT2D eigenvalue weighted by molar-refractivity contribution is 5.89. The van der Waals surface area contributed by atoms with Gasteiger partial charge in [-0.05, 0) is 19.1 Å². The van der Waals surface area contributed by atoms with E-state index in [1.165, 1.54) is 0 Å². The number of carbonyl (C=O) groups is 1. The summed E-state index contributed by atoms with van der Waals surface area (Å²) in [7, 11) is 4.69. The Hall–Kier alpha value is -1.95. The van der Waals surface area contributed by atoms with E-state index in [1.54, 1.807) is 39.5 Å². The van der Waals surface area contributed by atoms with Crippen molar-refractivity contribution in [3.8, 4) is 11.5 Å². The van der Waals surface area contributed by atoms with Gasteiger partial charge < -0.3 is 24.8 Å². The molecule has 2 amide bonds. The Morgan fingerprint density at radius 2 is 1.89 bits per heavy atom. The number of hydrogen-bond acceptors (Lipinski definition) is 4. The van der Waals surface area contributed by atoms with Crippen LogP contribution in [0.25, 0.3) is 0 Å². The number of anilines is 1. The third-order valence-corrected chi connectivity index (χ3v) is 2.44. The van der Waals surface area contributed by atoms with Crippen LogP contribution in [0.5, 0.6) is 11.5 Å². The Kier molecular flexibility index (Phi) is 5.95. The molecule has 0 heterocycles. The molecular formula is C13H20N2O4. The molecule has 0 aliphatic rings. The molecule has 106 valence electrons. The van der Waals surface area contributed by atoms with E-state index in [2.05, 4.69) is 10.6 Å². The van der Waals surface area contributed by atoms with Crippen molar-refractivity contribution in [1.29, 1.82) is 0 Å². The lowest BCUT2D eigenvalue weighted by Gasteiger charge is -2.14. The molecule has 0 aromatic heterocycles. The normalized spacial score (nSPS) is 11.6. The SMILES string of the molecule is COC[C@@H](C)NC(=O)Nc1ccc(OC)c(OC)c1. The van der Waals surface area contributed by atoms with Crippen LogP contribution in [0.2, 0.25) is 0 Å². The van der Waals surface area contributed by atoms with Gasteiger partial charge in [-0.3, -0.25) is 0 Å². The second-order valence-corrected chi connectivity index (χ2v) is 4.02. The lowest BCUT2D eigenvalue weighted by molar-refractivity contribution is 0.173. The summed E-state index contributed by atoms with van der Waals surface area (Å²) < 4.78 is 15.2. The van der Waals surface area contributed by atoms with E-state index in [4.69, 9.17) is 14.2 Å². The van der Waals surface area contributed by atoms with Gasteiger partial charge in [0.25, 0.3) is 0 Å². The van der Waals surface area contributed by atoms with Crippen LogP contribution in [0, 0.1) is 0 Å². The first kappa shape index (κ1) is 15.1. The maximum absolute atomic E-state index is 11.7. The minimum atomic E-state index is -0.295. The number of methoxy groups -OCH3 is 3. The Labute approximate surface area is 113 Å². The molecule has 6 nitrogen and oxygen atoms in total. The first-order valence-corrected chi connectivity index (χ1v) is 5.89. The largest absolute Gasteiger partial charge is 0.493 e. The van der Waals surface area contributed by atoms with Gasteiger partial charge in [-0.2, -0.15) is 0 Å². The van der Waals surface area contributed by atoms with Crippen LogP contribution in [-0.4, -0.2) is 40.0 Å². The number of hydrogen-bond donors (Lipinski definition) is 2. The van der Waals surface area contributed by atoms with Crippen molar-refractivity contribution >= 4 is 11.7 Å². The number of ether oxygens (including phenoxy) is 3. The van der Waals surface area contributed by atoms with E-state index in [1.807, 2.05) is 6.92 Å². The molecule has 0 unspecified atom stereocenters. The number of benzene rings is 1. The van der Waals surface area contributed by atoms with Gasteiger partial charge in [0, 0.05) is 18.9 Å². The quantitative estimate of drug-likeness (QED) is 0.826. The van der Waals surface area contributed by atoms with Gasteiger partial charge in [0.2, 0.25) is 0 Å². The molecule has 0 radical (unpaired) electrons. The zero-order valence-electron chi connectivity index (χ0n) is 11.6. The zero-order valence-corrected chi connectivity index (χ0v) is 11.6. The summed E-state index contributed by atoms with van der Waals surface area (Å²) in [5, 5.41) is 5.46. The van der Waals surface area contributed by atoms with E-state index in [0.717, 1.165) is 0 Å². The minimum absolute atomic E-state index is 0.0647. The fraction of sp³-hybridized carbons (Fsp3) is 0.462. The van der Waals surface area contributed by atoms with Crippen molar-refractivity contribution in [3.63, 3.8) is 0 Å². The Morgan fingerprint density at radius 3 is 2.47 bits per heavy atom. The number of urea groups is 1. The number of carbonyl (C=O) groups excluding carboxylic acids is 1. The summed E-state index contributed by atoms with van der Waals surface area (Å²) >= 11 is 0. The maximum Gasteiger partial charge on any atom is 0.319 e. The highest BCUT2D eigenvalue weighted by Crippen LogP contribution is 2.29. The monoisotopic (exact) mass is 268 g/mol. The van der Waals surface area contributed by atoms with Crippen LogP contribution in [0.4, 0.5) is 10.5 Å². The van der Waals surface area contributed by atoms with Crippen molar-refractivity contribution in [3.05, 3.63) is 18.2 Å². The van der Waals surface area contributed by atoms with E-state index in [0.29, 0.717) is 23.8 Å². The van der Waals surface area contributed by atoms with Gasteiger partial charge in [0.05, 0.1) is 26.9 Å². The number of amides is 2. The van der Waals surface area contributed by atoms with Crippen molar-refractivity contribution in [2.75, 3.05) is 33.3 Å². The average Bonchev–Trinajstić information content (AvgIpc) is 2.38. The van der Waals surface area contributed by atoms with E-state index in [-0.39, 0.29) is 12.1 Å². The summed E-state index contributed by atoms with van der Waals surface area (Å²) in [5.41, 5.74) is 0.625. The van der Waals surface area contributed by atoms with Crippen molar-refractivity contribution in [1.82, 2.24) is 5.32 Å². The molecule has 0 spiro atoms. The maximum atomic E-state index is 11.7. The smallest absolute Gasteiger partial charge is 0.319 e. The highest BCUT2D eigenvalue weighted by atomic mass is 16.5. The second kappa shape index (κ2) is 7.48. The molecule has 1 aromatic carbocycles.